The molecule has 0 radical (unpaired) electrons. The summed E-state index contributed by atoms with van der Waals surface area (Å²) in [6.07, 6.45) is -0.221. The Morgan fingerprint density at radius 2 is 1.94 bits per heavy atom. The molecule has 0 fully saturated rings. The summed E-state index contributed by atoms with van der Waals surface area (Å²) in [5.41, 5.74) is 0.387. The van der Waals surface area contributed by atoms with Crippen molar-refractivity contribution in [2.45, 2.75) is 6.42 Å². The number of aliphatic carboxylic acids is 2. The van der Waals surface area contributed by atoms with Crippen LogP contribution in [-0.4, -0.2) is 29.3 Å². The van der Waals surface area contributed by atoms with Gasteiger partial charge in [0.1, 0.15) is 0 Å². The van der Waals surface area contributed by atoms with Gasteiger partial charge in [0, 0.05) is 0 Å². The third kappa shape index (κ3) is 3.17. The molecule has 0 saturated carbocycles. The van der Waals surface area contributed by atoms with Gasteiger partial charge in [0.25, 0.3) is 0 Å². The van der Waals surface area contributed by atoms with E-state index in [1.165, 1.54) is 19.2 Å². The number of rotatable bonds is 5. The smallest absolute Gasteiger partial charge is 0.318 e. The maximum Gasteiger partial charge on any atom is 0.318 e. The molecule has 0 aliphatic rings. The average Bonchev–Trinajstić information content (AvgIpc) is 2.26. The molecule has 0 aromatic heterocycles. The number of carboxylic acid groups (broad SMARTS) is 2. The van der Waals surface area contributed by atoms with E-state index < -0.39 is 23.7 Å². The fourth-order valence-corrected chi connectivity index (χ4v) is 1.35. The highest BCUT2D eigenvalue weighted by Gasteiger charge is 2.26. The van der Waals surface area contributed by atoms with Crippen LogP contribution in [0, 0.1) is 11.7 Å². The highest BCUT2D eigenvalue weighted by molar-refractivity contribution is 5.93. The Morgan fingerprint density at radius 1 is 1.35 bits per heavy atom. The van der Waals surface area contributed by atoms with E-state index in [2.05, 4.69) is 0 Å². The number of hydrogen-bond donors (Lipinski definition) is 2. The van der Waals surface area contributed by atoms with E-state index in [1.54, 1.807) is 0 Å². The summed E-state index contributed by atoms with van der Waals surface area (Å²) in [5.74, 6) is -5.04. The van der Waals surface area contributed by atoms with E-state index in [1.807, 2.05) is 0 Å². The molecule has 1 aromatic rings. The SMILES string of the molecule is COc1cc(CC(C(=O)O)C(=O)O)ccc1F. The third-order valence-corrected chi connectivity index (χ3v) is 2.25. The number of carboxylic acids is 2. The average molecular weight is 242 g/mol. The molecule has 0 saturated heterocycles. The van der Waals surface area contributed by atoms with Gasteiger partial charge in [-0.15, -0.1) is 0 Å². The Bertz CT molecular complexity index is 429. The van der Waals surface area contributed by atoms with Crippen LogP contribution in [0.5, 0.6) is 5.75 Å². The van der Waals surface area contributed by atoms with Crippen molar-refractivity contribution in [2.24, 2.45) is 5.92 Å². The molecular formula is C11H11FO5. The maximum absolute atomic E-state index is 13.1. The third-order valence-electron chi connectivity index (χ3n) is 2.25. The Kier molecular flexibility index (Phi) is 4.03. The predicted molar refractivity (Wildman–Crippen MR) is 55.4 cm³/mol. The van der Waals surface area contributed by atoms with Crippen LogP contribution in [0.15, 0.2) is 18.2 Å². The largest absolute Gasteiger partial charge is 0.494 e. The molecule has 92 valence electrons. The van der Waals surface area contributed by atoms with Crippen LogP contribution in [0.3, 0.4) is 0 Å². The van der Waals surface area contributed by atoms with Crippen molar-refractivity contribution in [3.63, 3.8) is 0 Å². The fourth-order valence-electron chi connectivity index (χ4n) is 1.35. The van der Waals surface area contributed by atoms with Gasteiger partial charge < -0.3 is 14.9 Å². The topological polar surface area (TPSA) is 83.8 Å². The van der Waals surface area contributed by atoms with Crippen LogP contribution in [-0.2, 0) is 16.0 Å². The van der Waals surface area contributed by atoms with Crippen molar-refractivity contribution in [1.29, 1.82) is 0 Å². The normalized spacial score (nSPS) is 10.3. The summed E-state index contributed by atoms with van der Waals surface area (Å²) in [4.78, 5) is 21.4. The van der Waals surface area contributed by atoms with E-state index in [4.69, 9.17) is 14.9 Å². The zero-order valence-electron chi connectivity index (χ0n) is 9.01. The van der Waals surface area contributed by atoms with E-state index in [0.29, 0.717) is 5.56 Å². The number of halogens is 1. The first kappa shape index (κ1) is 13.0. The van der Waals surface area contributed by atoms with Crippen LogP contribution in [0.4, 0.5) is 4.39 Å². The summed E-state index contributed by atoms with van der Waals surface area (Å²) < 4.78 is 17.8. The minimum Gasteiger partial charge on any atom is -0.494 e. The van der Waals surface area contributed by atoms with Crippen molar-refractivity contribution >= 4 is 11.9 Å². The van der Waals surface area contributed by atoms with Crippen LogP contribution < -0.4 is 4.74 Å². The lowest BCUT2D eigenvalue weighted by molar-refractivity contribution is -0.154. The minimum atomic E-state index is -1.55. The van der Waals surface area contributed by atoms with Gasteiger partial charge in [0.2, 0.25) is 0 Å². The Morgan fingerprint density at radius 3 is 2.41 bits per heavy atom. The maximum atomic E-state index is 13.1. The quantitative estimate of drug-likeness (QED) is 0.757. The molecule has 2 N–H and O–H groups in total. The lowest BCUT2D eigenvalue weighted by Crippen LogP contribution is -2.25. The second kappa shape index (κ2) is 5.29. The molecule has 0 amide bonds. The lowest BCUT2D eigenvalue weighted by Gasteiger charge is -2.09. The molecule has 0 spiro atoms. The molecule has 17 heavy (non-hydrogen) atoms. The predicted octanol–water partition coefficient (Wildman–Crippen LogP) is 1.16. The summed E-state index contributed by atoms with van der Waals surface area (Å²) in [6, 6.07) is 3.72. The number of ether oxygens (including phenoxy) is 1. The molecule has 0 bridgehead atoms. The van der Waals surface area contributed by atoms with E-state index in [-0.39, 0.29) is 12.2 Å². The van der Waals surface area contributed by atoms with Crippen molar-refractivity contribution in [2.75, 3.05) is 7.11 Å². The van der Waals surface area contributed by atoms with E-state index in [9.17, 15) is 14.0 Å². The summed E-state index contributed by atoms with van der Waals surface area (Å²) in [7, 11) is 1.27. The standard InChI is InChI=1S/C11H11FO5/c1-17-9-5-6(2-3-8(9)12)4-7(10(13)14)11(15)16/h2-3,5,7H,4H2,1H3,(H,13,14)(H,15,16). The second-order valence-electron chi connectivity index (χ2n) is 3.40. The van der Waals surface area contributed by atoms with Crippen LogP contribution in [0.2, 0.25) is 0 Å². The zero-order chi connectivity index (χ0) is 13.0. The fraction of sp³-hybridized carbons (Fsp3) is 0.273. The van der Waals surface area contributed by atoms with Crippen molar-refractivity contribution < 1.29 is 28.9 Å². The first-order valence-corrected chi connectivity index (χ1v) is 4.73. The number of hydrogen-bond acceptors (Lipinski definition) is 3. The van der Waals surface area contributed by atoms with E-state index in [0.717, 1.165) is 6.07 Å². The minimum absolute atomic E-state index is 0.0444. The summed E-state index contributed by atoms with van der Waals surface area (Å²) in [5, 5.41) is 17.4. The van der Waals surface area contributed by atoms with Gasteiger partial charge in [-0.1, -0.05) is 6.07 Å². The van der Waals surface area contributed by atoms with Crippen LogP contribution in [0.25, 0.3) is 0 Å². The lowest BCUT2D eigenvalue weighted by atomic mass is 9.99. The zero-order valence-corrected chi connectivity index (χ0v) is 9.01. The molecule has 0 atom stereocenters. The van der Waals surface area contributed by atoms with Crippen LogP contribution in [0.1, 0.15) is 5.56 Å². The Labute approximate surface area is 96.4 Å². The van der Waals surface area contributed by atoms with Gasteiger partial charge in [-0.3, -0.25) is 9.59 Å². The number of carbonyl (C=O) groups is 2. The Balaban J connectivity index is 2.94. The second-order valence-corrected chi connectivity index (χ2v) is 3.40. The van der Waals surface area contributed by atoms with Crippen molar-refractivity contribution in [3.8, 4) is 5.75 Å². The molecule has 0 aliphatic carbocycles. The first-order chi connectivity index (χ1) is 7.95. The van der Waals surface area contributed by atoms with Crippen molar-refractivity contribution in [1.82, 2.24) is 0 Å². The summed E-state index contributed by atoms with van der Waals surface area (Å²) in [6.45, 7) is 0. The monoisotopic (exact) mass is 242 g/mol. The van der Waals surface area contributed by atoms with E-state index >= 15 is 0 Å². The van der Waals surface area contributed by atoms with Crippen LogP contribution >= 0.6 is 0 Å². The van der Waals surface area contributed by atoms with Gasteiger partial charge in [0.15, 0.2) is 17.5 Å². The van der Waals surface area contributed by atoms with Gasteiger partial charge in [-0.05, 0) is 24.1 Å². The number of benzene rings is 1. The van der Waals surface area contributed by atoms with Gasteiger partial charge in [0.05, 0.1) is 7.11 Å². The highest BCUT2D eigenvalue weighted by atomic mass is 19.1. The van der Waals surface area contributed by atoms with Gasteiger partial charge >= 0.3 is 11.9 Å². The van der Waals surface area contributed by atoms with Gasteiger partial charge in [-0.2, -0.15) is 0 Å². The molecule has 1 aromatic carbocycles. The molecule has 0 aliphatic heterocycles. The summed E-state index contributed by atoms with van der Waals surface area (Å²) >= 11 is 0. The number of methoxy groups -OCH3 is 1. The van der Waals surface area contributed by atoms with Crippen molar-refractivity contribution in [3.05, 3.63) is 29.6 Å². The molecular weight excluding hydrogens is 231 g/mol. The molecule has 0 heterocycles. The van der Waals surface area contributed by atoms with Gasteiger partial charge in [-0.25, -0.2) is 4.39 Å². The molecule has 1 rings (SSSR count). The Hall–Kier alpha value is -2.11. The molecule has 6 heteroatoms. The molecule has 5 nitrogen and oxygen atoms in total. The first-order valence-electron chi connectivity index (χ1n) is 4.73. The molecule has 0 unspecified atom stereocenters. The highest BCUT2D eigenvalue weighted by Crippen LogP contribution is 2.20.